The minimum atomic E-state index is 0.606. The monoisotopic (exact) mass is 558 g/mol. The minimum absolute atomic E-state index is 0.606. The summed E-state index contributed by atoms with van der Waals surface area (Å²) in [6.07, 6.45) is 0. The van der Waals surface area contributed by atoms with Gasteiger partial charge >= 0.3 is 0 Å². The lowest BCUT2D eigenvalue weighted by Crippen LogP contribution is -2.09. The third-order valence-electron chi connectivity index (χ3n) is 7.87. The topological polar surface area (TPSA) is 42.4 Å². The van der Waals surface area contributed by atoms with Crippen LogP contribution >= 0.6 is 11.3 Å². The number of rotatable bonds is 4. The normalized spacial score (nSPS) is 11.8. The average molecular weight is 559 g/mol. The van der Waals surface area contributed by atoms with Gasteiger partial charge in [0.15, 0.2) is 5.58 Å². The summed E-state index contributed by atoms with van der Waals surface area (Å²) in [5.41, 5.74) is 7.34. The second-order valence-electron chi connectivity index (χ2n) is 10.4. The number of nitrogens with zero attached hydrogens (tertiary/aromatic N) is 2. The van der Waals surface area contributed by atoms with E-state index in [-0.39, 0.29) is 0 Å². The van der Waals surface area contributed by atoms with Gasteiger partial charge in [-0.1, -0.05) is 54.6 Å². The van der Waals surface area contributed by atoms with Crippen molar-refractivity contribution in [3.63, 3.8) is 0 Å². The highest BCUT2D eigenvalue weighted by Gasteiger charge is 2.18. The molecule has 3 aromatic heterocycles. The third-order valence-corrected chi connectivity index (χ3v) is 9.03. The molecule has 3 heterocycles. The molecule has 0 amide bonds. The van der Waals surface area contributed by atoms with Gasteiger partial charge in [0.1, 0.15) is 16.7 Å². The SMILES string of the molecule is c1ccc(-c2nc3cc4c(cc3o2)oc2ccc(N(c3ccccc3)c3ccc5sc6ccccc6c5c3)cc24)cc1. The lowest BCUT2D eigenvalue weighted by atomic mass is 10.1. The molecule has 0 bridgehead atoms. The molecule has 4 nitrogen and oxygen atoms in total. The van der Waals surface area contributed by atoms with E-state index in [1.807, 2.05) is 47.7 Å². The number of oxazole rings is 1. The molecule has 5 heteroatoms. The van der Waals surface area contributed by atoms with Crippen molar-refractivity contribution in [1.29, 1.82) is 0 Å². The van der Waals surface area contributed by atoms with Gasteiger partial charge in [-0.25, -0.2) is 4.98 Å². The van der Waals surface area contributed by atoms with Crippen LogP contribution in [0, 0.1) is 0 Å². The van der Waals surface area contributed by atoms with E-state index >= 15 is 0 Å². The predicted molar refractivity (Wildman–Crippen MR) is 174 cm³/mol. The molecule has 0 unspecified atom stereocenters. The molecule has 42 heavy (non-hydrogen) atoms. The number of thiophene rings is 1. The smallest absolute Gasteiger partial charge is 0.227 e. The van der Waals surface area contributed by atoms with Gasteiger partial charge < -0.3 is 13.7 Å². The predicted octanol–water partition coefficient (Wildman–Crippen LogP) is 11.2. The van der Waals surface area contributed by atoms with Gasteiger partial charge in [0.05, 0.1) is 0 Å². The lowest BCUT2D eigenvalue weighted by molar-refractivity contribution is 0.617. The summed E-state index contributed by atoms with van der Waals surface area (Å²) in [6, 6.07) is 46.3. The summed E-state index contributed by atoms with van der Waals surface area (Å²) in [4.78, 5) is 7.11. The first-order valence-corrected chi connectivity index (χ1v) is 14.7. The van der Waals surface area contributed by atoms with E-state index < -0.39 is 0 Å². The Labute approximate surface area is 244 Å². The molecule has 0 atom stereocenters. The summed E-state index contributed by atoms with van der Waals surface area (Å²) in [7, 11) is 0. The van der Waals surface area contributed by atoms with Crippen molar-refractivity contribution >= 4 is 81.6 Å². The Kier molecular flexibility index (Phi) is 5.03. The molecule has 0 aliphatic rings. The van der Waals surface area contributed by atoms with Crippen molar-refractivity contribution in [2.75, 3.05) is 4.90 Å². The molecule has 0 saturated carbocycles. The molecular formula is C37H22N2O2S. The van der Waals surface area contributed by atoms with Crippen LogP contribution in [0.4, 0.5) is 17.1 Å². The number of para-hydroxylation sites is 1. The molecule has 0 aliphatic heterocycles. The third kappa shape index (κ3) is 3.64. The highest BCUT2D eigenvalue weighted by atomic mass is 32.1. The summed E-state index contributed by atoms with van der Waals surface area (Å²) in [5.74, 6) is 0.606. The van der Waals surface area contributed by atoms with Gasteiger partial charge in [-0.3, -0.25) is 0 Å². The van der Waals surface area contributed by atoms with Crippen LogP contribution in [0.2, 0.25) is 0 Å². The van der Waals surface area contributed by atoms with Crippen molar-refractivity contribution < 1.29 is 8.83 Å². The van der Waals surface area contributed by atoms with Crippen LogP contribution in [0.25, 0.3) is 64.7 Å². The first kappa shape index (κ1) is 23.3. The first-order chi connectivity index (χ1) is 20.8. The minimum Gasteiger partial charge on any atom is -0.456 e. The van der Waals surface area contributed by atoms with Crippen LogP contribution in [-0.2, 0) is 0 Å². The van der Waals surface area contributed by atoms with Crippen LogP contribution < -0.4 is 4.90 Å². The van der Waals surface area contributed by atoms with E-state index in [0.717, 1.165) is 50.1 Å². The Morgan fingerprint density at radius 1 is 0.476 bits per heavy atom. The molecule has 9 rings (SSSR count). The van der Waals surface area contributed by atoms with Crippen molar-refractivity contribution in [2.24, 2.45) is 0 Å². The standard InChI is InChI=1S/C37H22N2O2S/c1-3-9-23(10-4-1)37-38-31-21-29-28-19-25(15-17-32(28)40-33(29)22-34(31)41-37)39(24-11-5-2-6-12-24)26-16-18-36-30(20-26)27-13-7-8-14-35(27)42-36/h1-22H. The Morgan fingerprint density at radius 3 is 2.02 bits per heavy atom. The summed E-state index contributed by atoms with van der Waals surface area (Å²) in [5, 5.41) is 4.61. The van der Waals surface area contributed by atoms with E-state index in [0.29, 0.717) is 11.5 Å². The number of aromatic nitrogens is 1. The maximum atomic E-state index is 6.31. The molecule has 0 N–H and O–H groups in total. The number of benzene rings is 6. The summed E-state index contributed by atoms with van der Waals surface area (Å²) < 4.78 is 15.0. The van der Waals surface area contributed by atoms with E-state index in [1.54, 1.807) is 0 Å². The van der Waals surface area contributed by atoms with Gasteiger partial charge in [-0.15, -0.1) is 11.3 Å². The Hall–Kier alpha value is -5.39. The molecule has 0 fully saturated rings. The van der Waals surface area contributed by atoms with Gasteiger partial charge in [0.25, 0.3) is 0 Å². The van der Waals surface area contributed by atoms with Crippen LogP contribution in [-0.4, -0.2) is 4.98 Å². The van der Waals surface area contributed by atoms with Crippen LogP contribution in [0.5, 0.6) is 0 Å². The number of furan rings is 1. The number of hydrogen-bond donors (Lipinski definition) is 0. The maximum absolute atomic E-state index is 6.31. The second-order valence-corrected chi connectivity index (χ2v) is 11.5. The largest absolute Gasteiger partial charge is 0.456 e. The zero-order valence-electron chi connectivity index (χ0n) is 22.3. The molecule has 198 valence electrons. The number of anilines is 3. The molecular weight excluding hydrogens is 536 g/mol. The fourth-order valence-electron chi connectivity index (χ4n) is 5.91. The van der Waals surface area contributed by atoms with Crippen molar-refractivity contribution in [3.05, 3.63) is 133 Å². The quantitative estimate of drug-likeness (QED) is 0.215. The Bertz CT molecular complexity index is 2420. The van der Waals surface area contributed by atoms with E-state index in [9.17, 15) is 0 Å². The Balaban J connectivity index is 1.23. The average Bonchev–Trinajstić information content (AvgIpc) is 3.73. The van der Waals surface area contributed by atoms with Gasteiger partial charge in [-0.05, 0) is 72.8 Å². The zero-order chi connectivity index (χ0) is 27.6. The van der Waals surface area contributed by atoms with E-state index in [1.165, 1.54) is 20.2 Å². The molecule has 0 spiro atoms. The molecule has 9 aromatic rings. The first-order valence-electron chi connectivity index (χ1n) is 13.9. The van der Waals surface area contributed by atoms with Gasteiger partial charge in [0.2, 0.25) is 5.89 Å². The van der Waals surface area contributed by atoms with Crippen molar-refractivity contribution in [2.45, 2.75) is 0 Å². The fraction of sp³-hybridized carbons (Fsp3) is 0. The lowest BCUT2D eigenvalue weighted by Gasteiger charge is -2.25. The van der Waals surface area contributed by atoms with Crippen LogP contribution in [0.15, 0.2) is 142 Å². The maximum Gasteiger partial charge on any atom is 0.227 e. The highest BCUT2D eigenvalue weighted by Crippen LogP contribution is 2.42. The van der Waals surface area contributed by atoms with Crippen molar-refractivity contribution in [1.82, 2.24) is 4.98 Å². The van der Waals surface area contributed by atoms with Crippen molar-refractivity contribution in [3.8, 4) is 11.5 Å². The summed E-state index contributed by atoms with van der Waals surface area (Å²) >= 11 is 1.83. The fourth-order valence-corrected chi connectivity index (χ4v) is 6.99. The summed E-state index contributed by atoms with van der Waals surface area (Å²) in [6.45, 7) is 0. The van der Waals surface area contributed by atoms with Crippen LogP contribution in [0.1, 0.15) is 0 Å². The molecule has 0 saturated heterocycles. The van der Waals surface area contributed by atoms with Gasteiger partial charge in [-0.2, -0.15) is 0 Å². The number of hydrogen-bond acceptors (Lipinski definition) is 5. The highest BCUT2D eigenvalue weighted by molar-refractivity contribution is 7.25. The van der Waals surface area contributed by atoms with E-state index in [4.69, 9.17) is 13.8 Å². The van der Waals surface area contributed by atoms with E-state index in [2.05, 4.69) is 102 Å². The second kappa shape index (κ2) is 9.06. The Morgan fingerprint density at radius 2 is 1.17 bits per heavy atom. The molecule has 6 aromatic carbocycles. The molecule has 0 radical (unpaired) electrons. The van der Waals surface area contributed by atoms with Gasteiger partial charge in [0, 0.05) is 59.6 Å². The van der Waals surface area contributed by atoms with Crippen LogP contribution in [0.3, 0.4) is 0 Å². The number of fused-ring (bicyclic) bond motifs is 7. The zero-order valence-corrected chi connectivity index (χ0v) is 23.1. The molecule has 0 aliphatic carbocycles.